The summed E-state index contributed by atoms with van der Waals surface area (Å²) >= 11 is 0. The van der Waals surface area contributed by atoms with Gasteiger partial charge in [-0.15, -0.1) is 0 Å². The van der Waals surface area contributed by atoms with Crippen LogP contribution >= 0.6 is 0 Å². The predicted octanol–water partition coefficient (Wildman–Crippen LogP) is 1.97. The SMILES string of the molecule is Cc1cc(C)c(C(=O)CC(=O)O)c(O)c1C. The first-order valence-corrected chi connectivity index (χ1v) is 4.89. The summed E-state index contributed by atoms with van der Waals surface area (Å²) in [5, 5.41) is 18.4. The Labute approximate surface area is 93.5 Å². The summed E-state index contributed by atoms with van der Waals surface area (Å²) in [4.78, 5) is 22.1. The zero-order valence-corrected chi connectivity index (χ0v) is 9.50. The zero-order chi connectivity index (χ0) is 12.5. The van der Waals surface area contributed by atoms with Crippen molar-refractivity contribution in [2.75, 3.05) is 0 Å². The molecule has 16 heavy (non-hydrogen) atoms. The quantitative estimate of drug-likeness (QED) is 0.605. The number of phenolic OH excluding ortho intramolecular Hbond substituents is 1. The van der Waals surface area contributed by atoms with Gasteiger partial charge >= 0.3 is 5.97 Å². The highest BCUT2D eigenvalue weighted by atomic mass is 16.4. The van der Waals surface area contributed by atoms with E-state index in [-0.39, 0.29) is 11.3 Å². The van der Waals surface area contributed by atoms with Gasteiger partial charge in [0, 0.05) is 0 Å². The number of carboxylic acid groups (broad SMARTS) is 1. The van der Waals surface area contributed by atoms with Crippen LogP contribution in [0.2, 0.25) is 0 Å². The molecule has 0 saturated carbocycles. The Bertz CT molecular complexity index is 461. The molecule has 1 rings (SSSR count). The van der Waals surface area contributed by atoms with Gasteiger partial charge < -0.3 is 10.2 Å². The third kappa shape index (κ3) is 2.21. The lowest BCUT2D eigenvalue weighted by molar-refractivity contribution is -0.135. The van der Waals surface area contributed by atoms with E-state index in [0.29, 0.717) is 11.1 Å². The van der Waals surface area contributed by atoms with Crippen LogP contribution in [0.15, 0.2) is 6.07 Å². The van der Waals surface area contributed by atoms with E-state index in [4.69, 9.17) is 5.11 Å². The fourth-order valence-corrected chi connectivity index (χ4v) is 1.64. The minimum Gasteiger partial charge on any atom is -0.507 e. The lowest BCUT2D eigenvalue weighted by Crippen LogP contribution is -2.09. The smallest absolute Gasteiger partial charge is 0.311 e. The fourth-order valence-electron chi connectivity index (χ4n) is 1.64. The molecular weight excluding hydrogens is 208 g/mol. The number of aryl methyl sites for hydroxylation is 2. The zero-order valence-electron chi connectivity index (χ0n) is 9.50. The number of aliphatic carboxylic acids is 1. The molecule has 86 valence electrons. The van der Waals surface area contributed by atoms with Gasteiger partial charge in [-0.2, -0.15) is 0 Å². The number of rotatable bonds is 3. The molecule has 4 nitrogen and oxygen atoms in total. The van der Waals surface area contributed by atoms with Crippen molar-refractivity contribution < 1.29 is 19.8 Å². The molecule has 0 aliphatic heterocycles. The molecule has 2 N–H and O–H groups in total. The average Bonchev–Trinajstić information content (AvgIpc) is 2.13. The van der Waals surface area contributed by atoms with Crippen LogP contribution in [0.4, 0.5) is 0 Å². The van der Waals surface area contributed by atoms with Crippen molar-refractivity contribution in [3.8, 4) is 5.75 Å². The highest BCUT2D eigenvalue weighted by Crippen LogP contribution is 2.29. The van der Waals surface area contributed by atoms with Gasteiger partial charge in [0.15, 0.2) is 5.78 Å². The van der Waals surface area contributed by atoms with Gasteiger partial charge in [-0.05, 0) is 37.5 Å². The topological polar surface area (TPSA) is 74.6 Å². The van der Waals surface area contributed by atoms with Crippen LogP contribution in [0.3, 0.4) is 0 Å². The molecule has 0 amide bonds. The molecule has 0 atom stereocenters. The maximum Gasteiger partial charge on any atom is 0.311 e. The highest BCUT2D eigenvalue weighted by molar-refractivity contribution is 6.08. The summed E-state index contributed by atoms with van der Waals surface area (Å²) in [6, 6.07) is 1.77. The van der Waals surface area contributed by atoms with Crippen molar-refractivity contribution in [3.63, 3.8) is 0 Å². The van der Waals surface area contributed by atoms with Crippen molar-refractivity contribution in [1.82, 2.24) is 0 Å². The van der Waals surface area contributed by atoms with Crippen molar-refractivity contribution in [2.45, 2.75) is 27.2 Å². The molecule has 4 heteroatoms. The van der Waals surface area contributed by atoms with Crippen molar-refractivity contribution in [1.29, 1.82) is 0 Å². The van der Waals surface area contributed by atoms with E-state index in [2.05, 4.69) is 0 Å². The number of carbonyl (C=O) groups excluding carboxylic acids is 1. The molecule has 0 unspecified atom stereocenters. The Hall–Kier alpha value is -1.84. The number of hydrogen-bond donors (Lipinski definition) is 2. The van der Waals surface area contributed by atoms with E-state index in [1.165, 1.54) is 0 Å². The van der Waals surface area contributed by atoms with Gasteiger partial charge in [-0.1, -0.05) is 6.07 Å². The van der Waals surface area contributed by atoms with Crippen LogP contribution in [-0.4, -0.2) is 22.0 Å². The van der Waals surface area contributed by atoms with Crippen LogP contribution in [0.1, 0.15) is 33.5 Å². The van der Waals surface area contributed by atoms with Crippen molar-refractivity contribution >= 4 is 11.8 Å². The van der Waals surface area contributed by atoms with Crippen molar-refractivity contribution in [2.24, 2.45) is 0 Å². The van der Waals surface area contributed by atoms with Crippen LogP contribution in [-0.2, 0) is 4.79 Å². The molecule has 0 radical (unpaired) electrons. The first-order valence-electron chi connectivity index (χ1n) is 4.89. The summed E-state index contributed by atoms with van der Waals surface area (Å²) in [6.07, 6.45) is -0.600. The van der Waals surface area contributed by atoms with Crippen LogP contribution in [0.5, 0.6) is 5.75 Å². The second-order valence-electron chi connectivity index (χ2n) is 3.85. The lowest BCUT2D eigenvalue weighted by atomic mass is 9.95. The Balaban J connectivity index is 3.29. The van der Waals surface area contributed by atoms with Gasteiger partial charge in [-0.25, -0.2) is 0 Å². The summed E-state index contributed by atoms with van der Waals surface area (Å²) in [7, 11) is 0. The minimum atomic E-state index is -1.19. The van der Waals surface area contributed by atoms with Crippen LogP contribution in [0.25, 0.3) is 0 Å². The van der Waals surface area contributed by atoms with E-state index in [1.807, 2.05) is 6.92 Å². The molecule has 0 aliphatic carbocycles. The monoisotopic (exact) mass is 222 g/mol. The first-order chi connectivity index (χ1) is 7.34. The number of hydrogen-bond acceptors (Lipinski definition) is 3. The highest BCUT2D eigenvalue weighted by Gasteiger charge is 2.19. The fraction of sp³-hybridized carbons (Fsp3) is 0.333. The summed E-state index contributed by atoms with van der Waals surface area (Å²) in [5.74, 6) is -1.86. The number of benzene rings is 1. The Morgan fingerprint density at radius 1 is 1.19 bits per heavy atom. The number of ketones is 1. The van der Waals surface area contributed by atoms with E-state index >= 15 is 0 Å². The number of aromatic hydroxyl groups is 1. The summed E-state index contributed by atoms with van der Waals surface area (Å²) < 4.78 is 0. The van der Waals surface area contributed by atoms with Gasteiger partial charge in [-0.3, -0.25) is 9.59 Å². The molecule has 0 saturated heterocycles. The van der Waals surface area contributed by atoms with Crippen LogP contribution in [0, 0.1) is 20.8 Å². The molecule has 1 aromatic carbocycles. The first kappa shape index (κ1) is 12.2. The molecule has 0 heterocycles. The Morgan fingerprint density at radius 3 is 2.25 bits per heavy atom. The number of Topliss-reactive ketones (excluding diaryl/α,β-unsaturated/α-hetero) is 1. The lowest BCUT2D eigenvalue weighted by Gasteiger charge is -2.11. The van der Waals surface area contributed by atoms with E-state index in [1.54, 1.807) is 19.9 Å². The Morgan fingerprint density at radius 2 is 1.75 bits per heavy atom. The Kier molecular flexibility index (Phi) is 3.32. The standard InChI is InChI=1S/C12H14O4/c1-6-4-7(2)11(12(16)8(6)3)9(13)5-10(14)15/h4,16H,5H2,1-3H3,(H,14,15). The molecule has 0 spiro atoms. The summed E-state index contributed by atoms with van der Waals surface area (Å²) in [6.45, 7) is 5.20. The summed E-state index contributed by atoms with van der Waals surface area (Å²) in [5.41, 5.74) is 2.21. The van der Waals surface area contributed by atoms with E-state index in [0.717, 1.165) is 5.56 Å². The third-order valence-electron chi connectivity index (χ3n) is 2.60. The largest absolute Gasteiger partial charge is 0.507 e. The minimum absolute atomic E-state index is 0.108. The van der Waals surface area contributed by atoms with E-state index < -0.39 is 18.2 Å². The molecule has 1 aromatic rings. The average molecular weight is 222 g/mol. The van der Waals surface area contributed by atoms with Gasteiger partial charge in [0.25, 0.3) is 0 Å². The number of carboxylic acids is 1. The number of carbonyl (C=O) groups is 2. The molecule has 0 fully saturated rings. The van der Waals surface area contributed by atoms with Crippen LogP contribution < -0.4 is 0 Å². The second-order valence-corrected chi connectivity index (χ2v) is 3.85. The maximum atomic E-state index is 11.6. The molecule has 0 aliphatic rings. The molecule has 0 bridgehead atoms. The predicted molar refractivity (Wildman–Crippen MR) is 58.9 cm³/mol. The van der Waals surface area contributed by atoms with E-state index in [9.17, 15) is 14.7 Å². The maximum absolute atomic E-state index is 11.6. The van der Waals surface area contributed by atoms with Gasteiger partial charge in [0.05, 0.1) is 5.56 Å². The van der Waals surface area contributed by atoms with Gasteiger partial charge in [0.2, 0.25) is 0 Å². The number of phenols is 1. The third-order valence-corrected chi connectivity index (χ3v) is 2.60. The van der Waals surface area contributed by atoms with Gasteiger partial charge in [0.1, 0.15) is 12.2 Å². The normalized spacial score (nSPS) is 10.2. The molecule has 0 aromatic heterocycles. The molecular formula is C12H14O4. The van der Waals surface area contributed by atoms with Crippen molar-refractivity contribution in [3.05, 3.63) is 28.3 Å². The second kappa shape index (κ2) is 4.35.